The Bertz CT molecular complexity index is 250. The van der Waals surface area contributed by atoms with E-state index < -0.39 is 0 Å². The van der Waals surface area contributed by atoms with Gasteiger partial charge in [-0.2, -0.15) is 11.8 Å². The van der Waals surface area contributed by atoms with E-state index in [1.807, 2.05) is 0 Å². The molecule has 0 amide bonds. The molecule has 2 aliphatic heterocycles. The van der Waals surface area contributed by atoms with Crippen LogP contribution in [0.5, 0.6) is 0 Å². The van der Waals surface area contributed by atoms with E-state index in [0.29, 0.717) is 0 Å². The Labute approximate surface area is 104 Å². The van der Waals surface area contributed by atoms with Crippen LogP contribution in [0.25, 0.3) is 0 Å². The lowest BCUT2D eigenvalue weighted by atomic mass is 9.92. The first kappa shape index (κ1) is 11.4. The molecule has 2 unspecified atom stereocenters. The number of rotatable bonds is 2. The normalized spacial score (nSPS) is 38.8. The summed E-state index contributed by atoms with van der Waals surface area (Å²) in [5, 5.41) is 3.50. The fourth-order valence-corrected chi connectivity index (χ4v) is 4.63. The van der Waals surface area contributed by atoms with Gasteiger partial charge < -0.3 is 5.32 Å². The maximum atomic E-state index is 3.50. The molecule has 2 nitrogen and oxygen atoms in total. The Hall–Kier alpha value is 0.270. The summed E-state index contributed by atoms with van der Waals surface area (Å²) in [7, 11) is 0. The molecular weight excluding hydrogens is 216 g/mol. The average Bonchev–Trinajstić information content (AvgIpc) is 2.95. The second-order valence-electron chi connectivity index (χ2n) is 5.93. The van der Waals surface area contributed by atoms with Gasteiger partial charge in [0.15, 0.2) is 0 Å². The van der Waals surface area contributed by atoms with Crippen LogP contribution in [0.4, 0.5) is 0 Å². The molecule has 1 saturated carbocycles. The van der Waals surface area contributed by atoms with Gasteiger partial charge in [-0.3, -0.25) is 4.90 Å². The largest absolute Gasteiger partial charge is 0.317 e. The Morgan fingerprint density at radius 1 is 1.38 bits per heavy atom. The van der Waals surface area contributed by atoms with Gasteiger partial charge >= 0.3 is 0 Å². The third-order valence-electron chi connectivity index (χ3n) is 4.92. The lowest BCUT2D eigenvalue weighted by Gasteiger charge is -2.34. The highest BCUT2D eigenvalue weighted by atomic mass is 32.2. The Kier molecular flexibility index (Phi) is 3.20. The smallest absolute Gasteiger partial charge is 0.0158 e. The molecule has 1 N–H and O–H groups in total. The van der Waals surface area contributed by atoms with Crippen LogP contribution in [0.3, 0.4) is 0 Å². The number of hydrogen-bond donors (Lipinski definition) is 1. The maximum Gasteiger partial charge on any atom is 0.0158 e. The van der Waals surface area contributed by atoms with E-state index in [2.05, 4.69) is 28.9 Å². The third-order valence-corrected chi connectivity index (χ3v) is 6.11. The second-order valence-corrected chi connectivity index (χ2v) is 7.08. The van der Waals surface area contributed by atoms with E-state index in [9.17, 15) is 0 Å². The lowest BCUT2D eigenvalue weighted by molar-refractivity contribution is 0.199. The van der Waals surface area contributed by atoms with Crippen LogP contribution < -0.4 is 5.32 Å². The van der Waals surface area contributed by atoms with Crippen molar-refractivity contribution in [3.63, 3.8) is 0 Å². The number of hydrogen-bond acceptors (Lipinski definition) is 3. The fourth-order valence-electron chi connectivity index (χ4n) is 3.54. The van der Waals surface area contributed by atoms with Crippen molar-refractivity contribution in [3.8, 4) is 0 Å². The second kappa shape index (κ2) is 4.51. The molecule has 1 aliphatic carbocycles. The zero-order chi connectivity index (χ0) is 11.0. The van der Waals surface area contributed by atoms with Gasteiger partial charge in [0.05, 0.1) is 0 Å². The van der Waals surface area contributed by atoms with Crippen LogP contribution in [0.1, 0.15) is 26.2 Å². The molecule has 16 heavy (non-hydrogen) atoms. The molecule has 92 valence electrons. The summed E-state index contributed by atoms with van der Waals surface area (Å²) in [6.07, 6.45) is 4.40. The summed E-state index contributed by atoms with van der Waals surface area (Å²) in [5.74, 6) is 3.73. The zero-order valence-electron chi connectivity index (χ0n) is 10.4. The molecule has 0 radical (unpaired) electrons. The van der Waals surface area contributed by atoms with E-state index in [0.717, 1.165) is 17.4 Å². The number of nitrogens with one attached hydrogen (secondary N) is 1. The van der Waals surface area contributed by atoms with Gasteiger partial charge in [-0.15, -0.1) is 0 Å². The molecule has 3 rings (SSSR count). The molecule has 3 heteroatoms. The molecule has 2 saturated heterocycles. The first-order chi connectivity index (χ1) is 7.80. The van der Waals surface area contributed by atoms with Crippen molar-refractivity contribution >= 4 is 11.8 Å². The highest BCUT2D eigenvalue weighted by molar-refractivity contribution is 7.99. The highest BCUT2D eigenvalue weighted by Crippen LogP contribution is 2.58. The van der Waals surface area contributed by atoms with Crippen molar-refractivity contribution in [2.45, 2.75) is 32.2 Å². The van der Waals surface area contributed by atoms with Gasteiger partial charge in [0.2, 0.25) is 0 Å². The van der Waals surface area contributed by atoms with Crippen molar-refractivity contribution in [1.29, 1.82) is 0 Å². The number of thioether (sulfide) groups is 1. The Balaban J connectivity index is 1.52. The van der Waals surface area contributed by atoms with Crippen LogP contribution in [0.2, 0.25) is 0 Å². The van der Waals surface area contributed by atoms with Gasteiger partial charge in [0.1, 0.15) is 0 Å². The lowest BCUT2D eigenvalue weighted by Crippen LogP contribution is -2.42. The summed E-state index contributed by atoms with van der Waals surface area (Å²) in [6, 6.07) is 0.818. The van der Waals surface area contributed by atoms with Gasteiger partial charge in [-0.05, 0) is 50.6 Å². The van der Waals surface area contributed by atoms with E-state index in [1.165, 1.54) is 56.9 Å². The molecule has 0 aromatic rings. The summed E-state index contributed by atoms with van der Waals surface area (Å²) >= 11 is 2.13. The van der Waals surface area contributed by atoms with E-state index in [-0.39, 0.29) is 0 Å². The highest BCUT2D eigenvalue weighted by Gasteiger charge is 2.54. The minimum absolute atomic E-state index is 0.773. The van der Waals surface area contributed by atoms with Crippen molar-refractivity contribution in [3.05, 3.63) is 0 Å². The Morgan fingerprint density at radius 3 is 2.94 bits per heavy atom. The van der Waals surface area contributed by atoms with Crippen molar-refractivity contribution in [2.75, 3.05) is 37.7 Å². The monoisotopic (exact) mass is 240 g/mol. The summed E-state index contributed by atoms with van der Waals surface area (Å²) in [4.78, 5) is 2.75. The summed E-state index contributed by atoms with van der Waals surface area (Å²) < 4.78 is 0. The SMILES string of the molecule is CC1CSCCN1CC1CC12CCNCC2. The standard InChI is InChI=1S/C13H24N2S/c1-11-10-16-7-6-15(11)9-12-8-13(12)2-4-14-5-3-13/h11-12,14H,2-10H2,1H3. The topological polar surface area (TPSA) is 15.3 Å². The van der Waals surface area contributed by atoms with Gasteiger partial charge in [-0.1, -0.05) is 0 Å². The average molecular weight is 240 g/mol. The van der Waals surface area contributed by atoms with Crippen LogP contribution in [-0.2, 0) is 0 Å². The first-order valence-electron chi connectivity index (χ1n) is 6.83. The first-order valence-corrected chi connectivity index (χ1v) is 7.98. The number of nitrogens with zero attached hydrogens (tertiary/aromatic N) is 1. The predicted molar refractivity (Wildman–Crippen MR) is 71.0 cm³/mol. The van der Waals surface area contributed by atoms with Crippen molar-refractivity contribution in [2.24, 2.45) is 11.3 Å². The number of piperidine rings is 1. The molecule has 3 aliphatic rings. The van der Waals surface area contributed by atoms with Crippen molar-refractivity contribution < 1.29 is 0 Å². The van der Waals surface area contributed by atoms with Crippen LogP contribution in [-0.4, -0.2) is 48.6 Å². The van der Waals surface area contributed by atoms with E-state index in [1.54, 1.807) is 0 Å². The van der Waals surface area contributed by atoms with E-state index >= 15 is 0 Å². The summed E-state index contributed by atoms with van der Waals surface area (Å²) in [5.41, 5.74) is 0.773. The van der Waals surface area contributed by atoms with Crippen LogP contribution in [0.15, 0.2) is 0 Å². The van der Waals surface area contributed by atoms with Gasteiger partial charge in [0.25, 0.3) is 0 Å². The molecule has 2 heterocycles. The minimum Gasteiger partial charge on any atom is -0.317 e. The minimum atomic E-state index is 0.773. The van der Waals surface area contributed by atoms with Crippen LogP contribution >= 0.6 is 11.8 Å². The predicted octanol–water partition coefficient (Wildman–Crippen LogP) is 1.81. The van der Waals surface area contributed by atoms with Crippen LogP contribution in [0, 0.1) is 11.3 Å². The van der Waals surface area contributed by atoms with Crippen molar-refractivity contribution in [1.82, 2.24) is 10.2 Å². The third kappa shape index (κ3) is 2.14. The maximum absolute atomic E-state index is 3.50. The van der Waals surface area contributed by atoms with Gasteiger partial charge in [-0.25, -0.2) is 0 Å². The molecular formula is C13H24N2S. The molecule has 2 atom stereocenters. The molecule has 3 fully saturated rings. The van der Waals surface area contributed by atoms with Gasteiger partial charge in [0, 0.05) is 30.6 Å². The fraction of sp³-hybridized carbons (Fsp3) is 1.00. The molecule has 1 spiro atoms. The molecule has 0 aromatic heterocycles. The Morgan fingerprint density at radius 2 is 2.19 bits per heavy atom. The molecule has 0 aromatic carbocycles. The quantitative estimate of drug-likeness (QED) is 0.792. The zero-order valence-corrected chi connectivity index (χ0v) is 11.2. The van der Waals surface area contributed by atoms with E-state index in [4.69, 9.17) is 0 Å². The summed E-state index contributed by atoms with van der Waals surface area (Å²) in [6.45, 7) is 7.66. The molecule has 0 bridgehead atoms.